The molecule has 1 aliphatic rings. The summed E-state index contributed by atoms with van der Waals surface area (Å²) in [7, 11) is -0.848. The molecule has 1 atom stereocenters. The van der Waals surface area contributed by atoms with Gasteiger partial charge in [0.25, 0.3) is 0 Å². The van der Waals surface area contributed by atoms with E-state index in [0.29, 0.717) is 30.5 Å². The molecular formula is C29H33N3O7S. The molecule has 2 amide bonds. The van der Waals surface area contributed by atoms with Gasteiger partial charge < -0.3 is 24.4 Å². The van der Waals surface area contributed by atoms with E-state index in [4.69, 9.17) is 14.2 Å². The fourth-order valence-electron chi connectivity index (χ4n) is 4.49. The van der Waals surface area contributed by atoms with Gasteiger partial charge in [-0.15, -0.1) is 0 Å². The molecule has 4 rings (SSSR count). The number of likely N-dealkylation sites (N-methyl/N-ethyl adjacent to an activating group) is 1. The Morgan fingerprint density at radius 1 is 0.950 bits per heavy atom. The van der Waals surface area contributed by atoms with Crippen LogP contribution in [0.1, 0.15) is 11.1 Å². The SMILES string of the molecule is CNC(=O)[C@H](Cc1ccccc1)N(Cc1cccc(OC)c1)C(=O)CN(c1ccc2c(c1)OCCO2)S(C)(=O)=O. The van der Waals surface area contributed by atoms with E-state index in [1.165, 1.54) is 18.0 Å². The van der Waals surface area contributed by atoms with Crippen LogP contribution >= 0.6 is 0 Å². The highest BCUT2D eigenvalue weighted by atomic mass is 32.2. The Hall–Kier alpha value is -4.25. The van der Waals surface area contributed by atoms with Crippen LogP contribution in [0, 0.1) is 0 Å². The average molecular weight is 568 g/mol. The van der Waals surface area contributed by atoms with Gasteiger partial charge in [0.15, 0.2) is 11.5 Å². The van der Waals surface area contributed by atoms with E-state index in [9.17, 15) is 18.0 Å². The molecular weight excluding hydrogens is 534 g/mol. The molecule has 1 heterocycles. The van der Waals surface area contributed by atoms with Crippen molar-refractivity contribution < 1.29 is 32.2 Å². The predicted octanol–water partition coefficient (Wildman–Crippen LogP) is 2.62. The van der Waals surface area contributed by atoms with Gasteiger partial charge in [0.2, 0.25) is 21.8 Å². The summed E-state index contributed by atoms with van der Waals surface area (Å²) in [4.78, 5) is 28.6. The Morgan fingerprint density at radius 2 is 1.65 bits per heavy atom. The second-order valence-corrected chi connectivity index (χ2v) is 11.2. The van der Waals surface area contributed by atoms with E-state index in [0.717, 1.165) is 21.7 Å². The Labute approximate surface area is 234 Å². The van der Waals surface area contributed by atoms with Crippen molar-refractivity contribution in [2.45, 2.75) is 19.0 Å². The number of nitrogens with one attached hydrogen (secondary N) is 1. The Balaban J connectivity index is 1.71. The van der Waals surface area contributed by atoms with Gasteiger partial charge in [-0.3, -0.25) is 13.9 Å². The summed E-state index contributed by atoms with van der Waals surface area (Å²) >= 11 is 0. The molecule has 3 aromatic rings. The van der Waals surface area contributed by atoms with Crippen molar-refractivity contribution in [3.63, 3.8) is 0 Å². The number of carbonyl (C=O) groups excluding carboxylic acids is 2. The number of carbonyl (C=O) groups is 2. The highest BCUT2D eigenvalue weighted by Crippen LogP contribution is 2.34. The van der Waals surface area contributed by atoms with Crippen molar-refractivity contribution in [3.05, 3.63) is 83.9 Å². The van der Waals surface area contributed by atoms with Gasteiger partial charge in [0.1, 0.15) is 31.5 Å². The summed E-state index contributed by atoms with van der Waals surface area (Å²) in [5.41, 5.74) is 1.83. The number of nitrogens with zero attached hydrogens (tertiary/aromatic N) is 2. The maximum absolute atomic E-state index is 14.0. The Morgan fingerprint density at radius 3 is 2.33 bits per heavy atom. The number of fused-ring (bicyclic) bond motifs is 1. The van der Waals surface area contributed by atoms with Gasteiger partial charge >= 0.3 is 0 Å². The van der Waals surface area contributed by atoms with Gasteiger partial charge in [-0.25, -0.2) is 8.42 Å². The number of rotatable bonds is 11. The van der Waals surface area contributed by atoms with E-state index < -0.39 is 28.5 Å². The minimum Gasteiger partial charge on any atom is -0.497 e. The summed E-state index contributed by atoms with van der Waals surface area (Å²) in [6.07, 6.45) is 1.27. The number of anilines is 1. The molecule has 40 heavy (non-hydrogen) atoms. The van der Waals surface area contributed by atoms with Crippen molar-refractivity contribution in [1.29, 1.82) is 0 Å². The second kappa shape index (κ2) is 12.7. The number of benzene rings is 3. The zero-order chi connectivity index (χ0) is 28.7. The van der Waals surface area contributed by atoms with Crippen molar-refractivity contribution >= 4 is 27.5 Å². The fourth-order valence-corrected chi connectivity index (χ4v) is 5.33. The van der Waals surface area contributed by atoms with Crippen LogP contribution < -0.4 is 23.8 Å². The summed E-state index contributed by atoms with van der Waals surface area (Å²) in [5, 5.41) is 2.66. The van der Waals surface area contributed by atoms with Crippen LogP contribution in [-0.4, -0.2) is 71.3 Å². The summed E-state index contributed by atoms with van der Waals surface area (Å²) in [6, 6.07) is 20.3. The molecule has 0 spiro atoms. The van der Waals surface area contributed by atoms with Gasteiger partial charge in [-0.2, -0.15) is 0 Å². The Kier molecular flexibility index (Phi) is 9.15. The summed E-state index contributed by atoms with van der Waals surface area (Å²) in [5.74, 6) is 0.568. The molecule has 0 aliphatic carbocycles. The minimum atomic E-state index is -3.90. The number of ether oxygens (including phenoxy) is 3. The third kappa shape index (κ3) is 7.03. The van der Waals surface area contributed by atoms with Crippen LogP contribution in [0.15, 0.2) is 72.8 Å². The Bertz CT molecular complexity index is 1450. The van der Waals surface area contributed by atoms with Crippen LogP contribution in [0.2, 0.25) is 0 Å². The first kappa shape index (κ1) is 28.8. The van der Waals surface area contributed by atoms with Crippen LogP contribution in [0.4, 0.5) is 5.69 Å². The first-order chi connectivity index (χ1) is 19.2. The van der Waals surface area contributed by atoms with Crippen LogP contribution in [0.3, 0.4) is 0 Å². The number of hydrogen-bond acceptors (Lipinski definition) is 7. The maximum atomic E-state index is 14.0. The van der Waals surface area contributed by atoms with Crippen molar-refractivity contribution in [1.82, 2.24) is 10.2 Å². The van der Waals surface area contributed by atoms with E-state index in [1.807, 2.05) is 36.4 Å². The topological polar surface area (TPSA) is 114 Å². The van der Waals surface area contributed by atoms with Gasteiger partial charge in [0.05, 0.1) is 19.1 Å². The van der Waals surface area contributed by atoms with Gasteiger partial charge in [0, 0.05) is 26.1 Å². The van der Waals surface area contributed by atoms with E-state index >= 15 is 0 Å². The van der Waals surface area contributed by atoms with Crippen LogP contribution in [0.5, 0.6) is 17.2 Å². The lowest BCUT2D eigenvalue weighted by molar-refractivity contribution is -0.139. The summed E-state index contributed by atoms with van der Waals surface area (Å²) in [6.45, 7) is 0.252. The number of methoxy groups -OCH3 is 1. The molecule has 0 saturated heterocycles. The first-order valence-electron chi connectivity index (χ1n) is 12.7. The molecule has 0 radical (unpaired) electrons. The highest BCUT2D eigenvalue weighted by Gasteiger charge is 2.33. The lowest BCUT2D eigenvalue weighted by atomic mass is 10.0. The number of amides is 2. The third-order valence-electron chi connectivity index (χ3n) is 6.50. The fraction of sp³-hybridized carbons (Fsp3) is 0.310. The number of hydrogen-bond donors (Lipinski definition) is 1. The highest BCUT2D eigenvalue weighted by molar-refractivity contribution is 7.92. The molecule has 0 bridgehead atoms. The summed E-state index contributed by atoms with van der Waals surface area (Å²) < 4.78 is 43.4. The van der Waals surface area contributed by atoms with E-state index in [-0.39, 0.29) is 24.6 Å². The molecule has 0 unspecified atom stereocenters. The standard InChI is InChI=1S/C29H33N3O7S/c1-30-29(34)25(17-21-8-5-4-6-9-21)31(19-22-10-7-11-24(16-22)37-2)28(33)20-32(40(3,35)36)23-12-13-26-27(18-23)39-15-14-38-26/h4-13,16,18,25H,14-15,17,19-20H2,1-3H3,(H,30,34)/t25-/m0/s1. The van der Waals surface area contributed by atoms with Crippen molar-refractivity contribution in [2.24, 2.45) is 0 Å². The van der Waals surface area contributed by atoms with E-state index in [1.54, 1.807) is 37.4 Å². The molecule has 10 nitrogen and oxygen atoms in total. The zero-order valence-corrected chi connectivity index (χ0v) is 23.5. The number of sulfonamides is 1. The van der Waals surface area contributed by atoms with Crippen molar-refractivity contribution in [3.8, 4) is 17.2 Å². The first-order valence-corrected chi connectivity index (χ1v) is 14.6. The zero-order valence-electron chi connectivity index (χ0n) is 22.7. The van der Waals surface area contributed by atoms with Crippen LogP contribution in [0.25, 0.3) is 0 Å². The molecule has 3 aromatic carbocycles. The third-order valence-corrected chi connectivity index (χ3v) is 7.64. The van der Waals surface area contributed by atoms with Gasteiger partial charge in [-0.05, 0) is 35.4 Å². The molecule has 11 heteroatoms. The lowest BCUT2D eigenvalue weighted by Gasteiger charge is -2.33. The quantitative estimate of drug-likeness (QED) is 0.379. The molecule has 1 N–H and O–H groups in total. The largest absolute Gasteiger partial charge is 0.497 e. The minimum absolute atomic E-state index is 0.0553. The van der Waals surface area contributed by atoms with Crippen molar-refractivity contribution in [2.75, 3.05) is 44.5 Å². The monoisotopic (exact) mass is 567 g/mol. The average Bonchev–Trinajstić information content (AvgIpc) is 2.97. The molecule has 1 aliphatic heterocycles. The molecule has 0 fully saturated rings. The lowest BCUT2D eigenvalue weighted by Crippen LogP contribution is -2.52. The van der Waals surface area contributed by atoms with Crippen LogP contribution in [-0.2, 0) is 32.6 Å². The molecule has 0 aromatic heterocycles. The molecule has 212 valence electrons. The maximum Gasteiger partial charge on any atom is 0.244 e. The smallest absolute Gasteiger partial charge is 0.244 e. The molecule has 0 saturated carbocycles. The second-order valence-electron chi connectivity index (χ2n) is 9.29. The van der Waals surface area contributed by atoms with E-state index in [2.05, 4.69) is 5.32 Å². The normalized spacial score (nSPS) is 13.2. The van der Waals surface area contributed by atoms with Gasteiger partial charge in [-0.1, -0.05) is 42.5 Å². The predicted molar refractivity (Wildman–Crippen MR) is 151 cm³/mol.